The van der Waals surface area contributed by atoms with E-state index < -0.39 is 0 Å². The molecule has 2 aromatic heterocycles. The lowest BCUT2D eigenvalue weighted by atomic mass is 10.0. The molecule has 1 aromatic carbocycles. The molecule has 0 radical (unpaired) electrons. The molecule has 1 amide bonds. The molecule has 1 atom stereocenters. The molecule has 146 valence electrons. The third kappa shape index (κ3) is 3.64. The molecule has 0 spiro atoms. The van der Waals surface area contributed by atoms with Crippen molar-refractivity contribution in [2.75, 3.05) is 6.54 Å². The van der Waals surface area contributed by atoms with E-state index in [0.29, 0.717) is 18.0 Å². The van der Waals surface area contributed by atoms with E-state index in [-0.39, 0.29) is 18.0 Å². The minimum Gasteiger partial charge on any atom is -0.350 e. The Balaban J connectivity index is 1.74. The van der Waals surface area contributed by atoms with Crippen LogP contribution in [0.1, 0.15) is 48.7 Å². The first-order valence-corrected chi connectivity index (χ1v) is 9.93. The number of fused-ring (bicyclic) bond motifs is 1. The van der Waals surface area contributed by atoms with E-state index in [2.05, 4.69) is 43.3 Å². The first kappa shape index (κ1) is 18.6. The van der Waals surface area contributed by atoms with Gasteiger partial charge >= 0.3 is 0 Å². The van der Waals surface area contributed by atoms with Crippen LogP contribution in [0, 0.1) is 12.8 Å². The zero-order valence-electron chi connectivity index (χ0n) is 16.6. The van der Waals surface area contributed by atoms with Gasteiger partial charge in [-0.2, -0.15) is 5.10 Å². The van der Waals surface area contributed by atoms with E-state index in [1.165, 1.54) is 5.56 Å². The highest BCUT2D eigenvalue weighted by Crippen LogP contribution is 2.31. The monoisotopic (exact) mass is 377 g/mol. The lowest BCUT2D eigenvalue weighted by Gasteiger charge is -2.13. The summed E-state index contributed by atoms with van der Waals surface area (Å²) in [5, 5.41) is 8.25. The van der Waals surface area contributed by atoms with Crippen molar-refractivity contribution >= 4 is 16.9 Å². The van der Waals surface area contributed by atoms with Gasteiger partial charge in [0.15, 0.2) is 5.65 Å². The summed E-state index contributed by atoms with van der Waals surface area (Å²) in [6.45, 7) is 6.66. The Morgan fingerprint density at radius 3 is 2.64 bits per heavy atom. The fourth-order valence-corrected chi connectivity index (χ4v) is 3.45. The highest BCUT2D eigenvalue weighted by molar-refractivity contribution is 6.06. The van der Waals surface area contributed by atoms with Crippen LogP contribution in [0.15, 0.2) is 36.5 Å². The average Bonchev–Trinajstić information content (AvgIpc) is 3.44. The summed E-state index contributed by atoms with van der Waals surface area (Å²) < 4.78 is 1.86. The molecule has 3 N–H and O–H groups in total. The summed E-state index contributed by atoms with van der Waals surface area (Å²) >= 11 is 0. The molecular weight excluding hydrogens is 350 g/mol. The number of carbonyl (C=O) groups is 1. The molecule has 0 saturated heterocycles. The van der Waals surface area contributed by atoms with Gasteiger partial charge in [-0.25, -0.2) is 9.67 Å². The van der Waals surface area contributed by atoms with Crippen molar-refractivity contribution in [3.63, 3.8) is 0 Å². The van der Waals surface area contributed by atoms with Crippen molar-refractivity contribution in [2.24, 2.45) is 11.7 Å². The van der Waals surface area contributed by atoms with E-state index in [0.717, 1.165) is 35.1 Å². The first-order chi connectivity index (χ1) is 13.4. The van der Waals surface area contributed by atoms with Gasteiger partial charge in [-0.3, -0.25) is 4.79 Å². The Hall–Kier alpha value is -2.73. The summed E-state index contributed by atoms with van der Waals surface area (Å²) in [6.07, 6.45) is 4.06. The number of pyridine rings is 1. The maximum Gasteiger partial charge on any atom is 0.252 e. The number of benzene rings is 1. The molecule has 1 saturated carbocycles. The van der Waals surface area contributed by atoms with Crippen LogP contribution in [-0.4, -0.2) is 33.3 Å². The average molecular weight is 377 g/mol. The predicted molar refractivity (Wildman–Crippen MR) is 111 cm³/mol. The van der Waals surface area contributed by atoms with E-state index in [4.69, 9.17) is 10.7 Å². The van der Waals surface area contributed by atoms with Crippen molar-refractivity contribution < 1.29 is 4.79 Å². The Kier molecular flexibility index (Phi) is 4.89. The maximum absolute atomic E-state index is 13.0. The number of aromatic nitrogens is 3. The van der Waals surface area contributed by atoms with E-state index in [1.807, 2.05) is 22.9 Å². The normalized spacial score (nSPS) is 15.2. The van der Waals surface area contributed by atoms with Crippen LogP contribution in [-0.2, 0) is 0 Å². The van der Waals surface area contributed by atoms with Gasteiger partial charge in [-0.1, -0.05) is 29.8 Å². The second-order valence-corrected chi connectivity index (χ2v) is 8.05. The van der Waals surface area contributed by atoms with E-state index in [1.54, 1.807) is 6.20 Å². The van der Waals surface area contributed by atoms with Gasteiger partial charge in [0.1, 0.15) is 0 Å². The molecule has 1 unspecified atom stereocenters. The number of carbonyl (C=O) groups excluding carboxylic acids is 1. The third-order valence-corrected chi connectivity index (χ3v) is 5.37. The largest absolute Gasteiger partial charge is 0.350 e. The van der Waals surface area contributed by atoms with Gasteiger partial charge in [-0.05, 0) is 45.6 Å². The number of aryl methyl sites for hydroxylation is 1. The number of hydrogen-bond donors (Lipinski definition) is 2. The maximum atomic E-state index is 13.0. The standard InChI is InChI=1S/C22H27N5O/c1-13(2)27-21-18(11-25-27)17(22(28)24-12-19(23)15-8-9-15)10-20(26-21)16-6-4-14(3)5-7-16/h4-7,10-11,13,15,19H,8-9,12,23H2,1-3H3,(H,24,28). The van der Waals surface area contributed by atoms with Crippen molar-refractivity contribution in [2.45, 2.75) is 45.7 Å². The van der Waals surface area contributed by atoms with Crippen LogP contribution in [0.3, 0.4) is 0 Å². The van der Waals surface area contributed by atoms with E-state index >= 15 is 0 Å². The van der Waals surface area contributed by atoms with Gasteiger partial charge in [0, 0.05) is 24.2 Å². The van der Waals surface area contributed by atoms with Gasteiger partial charge in [0.25, 0.3) is 5.91 Å². The SMILES string of the molecule is Cc1ccc(-c2cc(C(=O)NCC(N)C3CC3)c3cnn(C(C)C)c3n2)cc1. The second-order valence-electron chi connectivity index (χ2n) is 8.05. The smallest absolute Gasteiger partial charge is 0.252 e. The lowest BCUT2D eigenvalue weighted by molar-refractivity contribution is 0.0952. The number of nitrogens with two attached hydrogens (primary N) is 1. The van der Waals surface area contributed by atoms with Crippen LogP contribution in [0.25, 0.3) is 22.3 Å². The topological polar surface area (TPSA) is 85.8 Å². The number of amides is 1. The molecule has 0 aliphatic heterocycles. The molecule has 6 nitrogen and oxygen atoms in total. The van der Waals surface area contributed by atoms with Crippen LogP contribution in [0.5, 0.6) is 0 Å². The summed E-state index contributed by atoms with van der Waals surface area (Å²) in [5.74, 6) is 0.421. The molecule has 2 heterocycles. The number of hydrogen-bond acceptors (Lipinski definition) is 4. The zero-order valence-corrected chi connectivity index (χ0v) is 16.6. The first-order valence-electron chi connectivity index (χ1n) is 9.93. The van der Waals surface area contributed by atoms with Crippen LogP contribution >= 0.6 is 0 Å². The molecule has 0 bridgehead atoms. The quantitative estimate of drug-likeness (QED) is 0.689. The predicted octanol–water partition coefficient (Wildman–Crippen LogP) is 3.45. The molecular formula is C22H27N5O. The van der Waals surface area contributed by atoms with Crippen molar-refractivity contribution in [1.29, 1.82) is 0 Å². The minimum absolute atomic E-state index is 0.0243. The fourth-order valence-electron chi connectivity index (χ4n) is 3.45. The summed E-state index contributed by atoms with van der Waals surface area (Å²) in [6, 6.07) is 10.2. The number of rotatable bonds is 6. The lowest BCUT2D eigenvalue weighted by Crippen LogP contribution is -2.38. The minimum atomic E-state index is -0.125. The molecule has 1 aliphatic rings. The highest BCUT2D eigenvalue weighted by Gasteiger charge is 2.29. The summed E-state index contributed by atoms with van der Waals surface area (Å²) in [5.41, 5.74) is 10.4. The van der Waals surface area contributed by atoms with Gasteiger partial charge in [0.2, 0.25) is 0 Å². The highest BCUT2D eigenvalue weighted by atomic mass is 16.1. The summed E-state index contributed by atoms with van der Waals surface area (Å²) in [4.78, 5) is 17.8. The molecule has 3 aromatic rings. The van der Waals surface area contributed by atoms with Crippen molar-refractivity contribution in [1.82, 2.24) is 20.1 Å². The van der Waals surface area contributed by atoms with Gasteiger partial charge in [-0.15, -0.1) is 0 Å². The van der Waals surface area contributed by atoms with Crippen molar-refractivity contribution in [3.05, 3.63) is 47.7 Å². The van der Waals surface area contributed by atoms with Crippen LogP contribution < -0.4 is 11.1 Å². The van der Waals surface area contributed by atoms with Crippen LogP contribution in [0.4, 0.5) is 0 Å². The van der Waals surface area contributed by atoms with E-state index in [9.17, 15) is 4.79 Å². The summed E-state index contributed by atoms with van der Waals surface area (Å²) in [7, 11) is 0. The molecule has 1 fully saturated rings. The Bertz CT molecular complexity index is 1000. The molecule has 28 heavy (non-hydrogen) atoms. The molecule has 6 heteroatoms. The Labute approximate surface area is 165 Å². The van der Waals surface area contributed by atoms with Crippen molar-refractivity contribution in [3.8, 4) is 11.3 Å². The van der Waals surface area contributed by atoms with Crippen LogP contribution in [0.2, 0.25) is 0 Å². The number of nitrogens with one attached hydrogen (secondary N) is 1. The number of nitrogens with zero attached hydrogens (tertiary/aromatic N) is 3. The Morgan fingerprint density at radius 2 is 2.00 bits per heavy atom. The Morgan fingerprint density at radius 1 is 1.29 bits per heavy atom. The zero-order chi connectivity index (χ0) is 19.8. The molecule has 4 rings (SSSR count). The molecule has 1 aliphatic carbocycles. The fraction of sp³-hybridized carbons (Fsp3) is 0.409. The third-order valence-electron chi connectivity index (χ3n) is 5.37. The van der Waals surface area contributed by atoms with Gasteiger partial charge in [0.05, 0.1) is 22.8 Å². The van der Waals surface area contributed by atoms with Gasteiger partial charge < -0.3 is 11.1 Å². The second kappa shape index (κ2) is 7.36.